The lowest BCUT2D eigenvalue weighted by molar-refractivity contribution is -0.121. The van der Waals surface area contributed by atoms with Crippen LogP contribution in [-0.4, -0.2) is 54.7 Å². The summed E-state index contributed by atoms with van der Waals surface area (Å²) in [6.45, 7) is 6.51. The number of carbonyl (C=O) groups excluding carboxylic acids is 1. The van der Waals surface area contributed by atoms with Crippen LogP contribution in [0.4, 0.5) is 5.69 Å². The molecule has 2 heterocycles. The van der Waals surface area contributed by atoms with Crippen LogP contribution in [0.15, 0.2) is 59.8 Å². The van der Waals surface area contributed by atoms with Crippen molar-refractivity contribution in [2.75, 3.05) is 37.6 Å². The number of piperazine rings is 1. The van der Waals surface area contributed by atoms with Gasteiger partial charge in [-0.2, -0.15) is 5.10 Å². The zero-order chi connectivity index (χ0) is 22.3. The maximum atomic E-state index is 12.2. The molecule has 32 heavy (non-hydrogen) atoms. The van der Waals surface area contributed by atoms with E-state index in [1.165, 1.54) is 11.3 Å². The Morgan fingerprint density at radius 3 is 2.66 bits per heavy atom. The summed E-state index contributed by atoms with van der Waals surface area (Å²) >= 11 is 6.11. The molecule has 0 unspecified atom stereocenters. The quantitative estimate of drug-likeness (QED) is 0.435. The molecule has 4 rings (SSSR count). The van der Waals surface area contributed by atoms with Crippen molar-refractivity contribution in [3.63, 3.8) is 0 Å². The molecular formula is C25H28ClN5O. The van der Waals surface area contributed by atoms with Crippen LogP contribution in [0.25, 0.3) is 10.9 Å². The van der Waals surface area contributed by atoms with Gasteiger partial charge in [0.05, 0.1) is 11.7 Å². The minimum absolute atomic E-state index is 0.0640. The molecule has 0 atom stereocenters. The third-order valence-electron chi connectivity index (χ3n) is 5.84. The smallest absolute Gasteiger partial charge is 0.241 e. The van der Waals surface area contributed by atoms with E-state index in [0.717, 1.165) is 55.6 Å². The zero-order valence-corrected chi connectivity index (χ0v) is 19.1. The number of rotatable bonds is 7. The summed E-state index contributed by atoms with van der Waals surface area (Å²) in [6.07, 6.45) is 4.96. The summed E-state index contributed by atoms with van der Waals surface area (Å²) in [6, 6.07) is 16.1. The Morgan fingerprint density at radius 2 is 1.91 bits per heavy atom. The Kier molecular flexibility index (Phi) is 7.35. The molecule has 1 amide bonds. The van der Waals surface area contributed by atoms with E-state index in [1.54, 1.807) is 6.21 Å². The molecule has 0 radical (unpaired) electrons. The first-order valence-corrected chi connectivity index (χ1v) is 11.4. The van der Waals surface area contributed by atoms with Gasteiger partial charge in [0.2, 0.25) is 5.91 Å². The van der Waals surface area contributed by atoms with Crippen LogP contribution in [0.3, 0.4) is 0 Å². The number of amides is 1. The van der Waals surface area contributed by atoms with Gasteiger partial charge in [-0.3, -0.25) is 14.7 Å². The van der Waals surface area contributed by atoms with Crippen LogP contribution in [0.1, 0.15) is 24.5 Å². The van der Waals surface area contributed by atoms with Crippen molar-refractivity contribution in [3.8, 4) is 0 Å². The summed E-state index contributed by atoms with van der Waals surface area (Å²) in [5.74, 6) is -0.0640. The van der Waals surface area contributed by atoms with Crippen LogP contribution in [-0.2, 0) is 11.2 Å². The number of nitrogens with one attached hydrogen (secondary N) is 1. The minimum Gasteiger partial charge on any atom is -0.368 e. The Labute approximate surface area is 193 Å². The van der Waals surface area contributed by atoms with E-state index in [4.69, 9.17) is 11.6 Å². The molecule has 2 aromatic carbocycles. The van der Waals surface area contributed by atoms with Gasteiger partial charge in [-0.15, -0.1) is 0 Å². The number of hydrogen-bond acceptors (Lipinski definition) is 5. The van der Waals surface area contributed by atoms with Gasteiger partial charge in [0.25, 0.3) is 0 Å². The maximum absolute atomic E-state index is 12.2. The van der Waals surface area contributed by atoms with Crippen molar-refractivity contribution in [2.45, 2.75) is 19.8 Å². The number of hydrogen-bond donors (Lipinski definition) is 1. The highest BCUT2D eigenvalue weighted by Gasteiger charge is 2.19. The number of benzene rings is 2. The highest BCUT2D eigenvalue weighted by Crippen LogP contribution is 2.28. The predicted octanol–water partition coefficient (Wildman–Crippen LogP) is 4.11. The van der Waals surface area contributed by atoms with Crippen molar-refractivity contribution in [2.24, 2.45) is 5.10 Å². The van der Waals surface area contributed by atoms with Crippen molar-refractivity contribution in [1.82, 2.24) is 15.3 Å². The van der Waals surface area contributed by atoms with Gasteiger partial charge >= 0.3 is 0 Å². The van der Waals surface area contributed by atoms with Crippen LogP contribution in [0, 0.1) is 0 Å². The van der Waals surface area contributed by atoms with Crippen LogP contribution in [0.2, 0.25) is 5.02 Å². The summed E-state index contributed by atoms with van der Waals surface area (Å²) in [4.78, 5) is 21.3. The average molecular weight is 450 g/mol. The molecule has 6 nitrogen and oxygen atoms in total. The number of anilines is 1. The molecular weight excluding hydrogens is 422 g/mol. The molecule has 0 spiro atoms. The monoisotopic (exact) mass is 449 g/mol. The Hall–Kier alpha value is -2.96. The first kappa shape index (κ1) is 22.2. The third-order valence-corrected chi connectivity index (χ3v) is 6.08. The number of pyridine rings is 1. The fraction of sp³-hybridized carbons (Fsp3) is 0.320. The lowest BCUT2D eigenvalue weighted by Gasteiger charge is -2.36. The normalized spacial score (nSPS) is 14.9. The SMILES string of the molecule is CCc1ccc(/C=N/NC(=O)CCN2CCN(c3ccnc4cc(Cl)ccc34)CC2)cc1. The maximum Gasteiger partial charge on any atom is 0.241 e. The van der Waals surface area contributed by atoms with Gasteiger partial charge in [-0.1, -0.05) is 42.8 Å². The number of carbonyl (C=O) groups is 1. The molecule has 1 aromatic heterocycles. The molecule has 0 bridgehead atoms. The lowest BCUT2D eigenvalue weighted by Crippen LogP contribution is -2.47. The first-order valence-electron chi connectivity index (χ1n) is 11.0. The van der Waals surface area contributed by atoms with E-state index in [-0.39, 0.29) is 5.91 Å². The van der Waals surface area contributed by atoms with Crippen molar-refractivity contribution < 1.29 is 4.79 Å². The number of aromatic nitrogens is 1. The van der Waals surface area contributed by atoms with Crippen molar-refractivity contribution in [1.29, 1.82) is 0 Å². The lowest BCUT2D eigenvalue weighted by atomic mass is 10.1. The van der Waals surface area contributed by atoms with Crippen molar-refractivity contribution >= 4 is 40.3 Å². The summed E-state index contributed by atoms with van der Waals surface area (Å²) < 4.78 is 0. The number of hydrazone groups is 1. The molecule has 1 aliphatic rings. The van der Waals surface area contributed by atoms with E-state index < -0.39 is 0 Å². The molecule has 1 fully saturated rings. The third kappa shape index (κ3) is 5.64. The van der Waals surface area contributed by atoms with Gasteiger partial charge in [0.1, 0.15) is 0 Å². The van der Waals surface area contributed by atoms with E-state index in [1.807, 2.05) is 36.5 Å². The topological polar surface area (TPSA) is 60.8 Å². The van der Waals surface area contributed by atoms with Crippen LogP contribution < -0.4 is 10.3 Å². The van der Waals surface area contributed by atoms with E-state index >= 15 is 0 Å². The largest absolute Gasteiger partial charge is 0.368 e. The highest BCUT2D eigenvalue weighted by atomic mass is 35.5. The predicted molar refractivity (Wildman–Crippen MR) is 132 cm³/mol. The zero-order valence-electron chi connectivity index (χ0n) is 18.3. The van der Waals surface area contributed by atoms with Gasteiger partial charge in [0, 0.05) is 61.4 Å². The van der Waals surface area contributed by atoms with E-state index in [2.05, 4.69) is 50.4 Å². The number of halogens is 1. The Bertz CT molecular complexity index is 1090. The van der Waals surface area contributed by atoms with Gasteiger partial charge < -0.3 is 4.90 Å². The molecule has 7 heteroatoms. The molecule has 1 N–H and O–H groups in total. The Balaban J connectivity index is 1.23. The molecule has 3 aromatic rings. The number of nitrogens with zero attached hydrogens (tertiary/aromatic N) is 4. The molecule has 166 valence electrons. The molecule has 1 aliphatic heterocycles. The fourth-order valence-electron chi connectivity index (χ4n) is 3.93. The fourth-order valence-corrected chi connectivity index (χ4v) is 4.09. The minimum atomic E-state index is -0.0640. The number of fused-ring (bicyclic) bond motifs is 1. The van der Waals surface area contributed by atoms with Gasteiger partial charge in [-0.05, 0) is 41.8 Å². The Morgan fingerprint density at radius 1 is 1.12 bits per heavy atom. The second kappa shape index (κ2) is 10.6. The molecule has 1 saturated heterocycles. The number of aryl methyl sites for hydroxylation is 1. The van der Waals surface area contributed by atoms with Gasteiger partial charge in [0.15, 0.2) is 0 Å². The van der Waals surface area contributed by atoms with Crippen molar-refractivity contribution in [3.05, 3.63) is 70.9 Å². The van der Waals surface area contributed by atoms with Crippen LogP contribution in [0.5, 0.6) is 0 Å². The van der Waals surface area contributed by atoms with Crippen LogP contribution >= 0.6 is 11.6 Å². The summed E-state index contributed by atoms with van der Waals surface area (Å²) in [5, 5.41) is 5.90. The standard InChI is InChI=1S/C25H28ClN5O/c1-2-19-3-5-20(6-4-19)18-28-29-25(32)10-12-30-13-15-31(16-14-30)24-9-11-27-23-17-21(26)7-8-22(23)24/h3-9,11,17-18H,2,10,12-16H2,1H3,(H,29,32)/b28-18+. The second-order valence-corrected chi connectivity index (χ2v) is 8.39. The summed E-state index contributed by atoms with van der Waals surface area (Å²) in [5.41, 5.74) is 6.99. The first-order chi connectivity index (χ1) is 15.6. The molecule has 0 aliphatic carbocycles. The summed E-state index contributed by atoms with van der Waals surface area (Å²) in [7, 11) is 0. The highest BCUT2D eigenvalue weighted by molar-refractivity contribution is 6.31. The second-order valence-electron chi connectivity index (χ2n) is 7.96. The molecule has 0 saturated carbocycles. The van der Waals surface area contributed by atoms with E-state index in [9.17, 15) is 4.79 Å². The van der Waals surface area contributed by atoms with Gasteiger partial charge in [-0.25, -0.2) is 5.43 Å². The average Bonchev–Trinajstić information content (AvgIpc) is 2.83. The van der Waals surface area contributed by atoms with E-state index in [0.29, 0.717) is 11.4 Å².